The van der Waals surface area contributed by atoms with E-state index < -0.39 is 6.09 Å². The minimum atomic E-state index is -1.18. The second-order valence-electron chi connectivity index (χ2n) is 2.68. The highest BCUT2D eigenvalue weighted by Gasteiger charge is 2.09. The van der Waals surface area contributed by atoms with E-state index in [1.807, 2.05) is 0 Å². The Kier molecular flexibility index (Phi) is 4.11. The predicted octanol–water partition coefficient (Wildman–Crippen LogP) is 3.01. The summed E-state index contributed by atoms with van der Waals surface area (Å²) in [6.07, 6.45) is -1.18. The summed E-state index contributed by atoms with van der Waals surface area (Å²) in [6, 6.07) is 4.36. The van der Waals surface area contributed by atoms with E-state index in [4.69, 9.17) is 16.7 Å². The largest absolute Gasteiger partial charge is 0.465 e. The van der Waals surface area contributed by atoms with Gasteiger partial charge < -0.3 is 5.11 Å². The maximum Gasteiger partial charge on any atom is 0.409 e. The molecule has 1 aromatic carbocycles. The van der Waals surface area contributed by atoms with Crippen LogP contribution in [0.3, 0.4) is 0 Å². The molecule has 80 valence electrons. The van der Waals surface area contributed by atoms with Crippen LogP contribution in [0.15, 0.2) is 18.2 Å². The summed E-state index contributed by atoms with van der Waals surface area (Å²) in [7, 11) is 0. The average molecular weight is 293 g/mol. The minimum absolute atomic E-state index is 0.151. The molecule has 0 fully saturated rings. The molecule has 1 aromatic rings. The van der Waals surface area contributed by atoms with Gasteiger partial charge in [0.15, 0.2) is 5.78 Å². The summed E-state index contributed by atoms with van der Waals surface area (Å²) in [5.74, 6) is -0.151. The van der Waals surface area contributed by atoms with Crippen LogP contribution >= 0.6 is 27.5 Å². The van der Waals surface area contributed by atoms with Crippen LogP contribution in [0.25, 0.3) is 0 Å². The van der Waals surface area contributed by atoms with Crippen LogP contribution in [-0.2, 0) is 0 Å². The molecule has 15 heavy (non-hydrogen) atoms. The number of hydrogen-bond donors (Lipinski definition) is 2. The zero-order valence-corrected chi connectivity index (χ0v) is 9.80. The maximum absolute atomic E-state index is 11.3. The number of amides is 1. The van der Waals surface area contributed by atoms with Crippen molar-refractivity contribution in [1.82, 2.24) is 0 Å². The van der Waals surface area contributed by atoms with Crippen molar-refractivity contribution in [2.45, 2.75) is 0 Å². The summed E-state index contributed by atoms with van der Waals surface area (Å²) in [6.45, 7) is 0. The number of Topliss-reactive ketones (excluding diaryl/α,β-unsaturated/α-hetero) is 1. The molecule has 0 atom stereocenters. The first kappa shape index (κ1) is 12.0. The van der Waals surface area contributed by atoms with Crippen LogP contribution in [0.4, 0.5) is 10.5 Å². The van der Waals surface area contributed by atoms with Crippen LogP contribution in [-0.4, -0.2) is 22.3 Å². The van der Waals surface area contributed by atoms with Gasteiger partial charge in [0.25, 0.3) is 0 Å². The summed E-state index contributed by atoms with van der Waals surface area (Å²) in [5.41, 5.74) is 0.697. The van der Waals surface area contributed by atoms with Gasteiger partial charge in [0.2, 0.25) is 0 Å². The molecule has 0 saturated heterocycles. The minimum Gasteiger partial charge on any atom is -0.465 e. The second kappa shape index (κ2) is 5.14. The summed E-state index contributed by atoms with van der Waals surface area (Å²) in [5, 5.41) is 11.0. The molecule has 0 heterocycles. The summed E-state index contributed by atoms with van der Waals surface area (Å²) < 4.78 is 0. The highest BCUT2D eigenvalue weighted by atomic mass is 79.9. The summed E-state index contributed by atoms with van der Waals surface area (Å²) in [4.78, 5) is 21.6. The number of alkyl halides is 1. The van der Waals surface area contributed by atoms with Crippen LogP contribution < -0.4 is 5.32 Å². The normalized spacial score (nSPS) is 9.73. The van der Waals surface area contributed by atoms with Gasteiger partial charge in [0, 0.05) is 11.3 Å². The number of ketones is 1. The zero-order chi connectivity index (χ0) is 11.4. The van der Waals surface area contributed by atoms with Gasteiger partial charge in [-0.15, -0.1) is 0 Å². The lowest BCUT2D eigenvalue weighted by Gasteiger charge is -2.04. The SMILES string of the molecule is O=C(O)Nc1ccc(C(=O)CBr)c(Cl)c1. The lowest BCUT2D eigenvalue weighted by Crippen LogP contribution is -2.08. The molecule has 0 aliphatic rings. The van der Waals surface area contributed by atoms with Gasteiger partial charge in [0.05, 0.1) is 10.4 Å². The Balaban J connectivity index is 2.97. The van der Waals surface area contributed by atoms with Crippen molar-refractivity contribution in [3.05, 3.63) is 28.8 Å². The van der Waals surface area contributed by atoms with Crippen LogP contribution in [0.5, 0.6) is 0 Å². The fraction of sp³-hybridized carbons (Fsp3) is 0.111. The van der Waals surface area contributed by atoms with Crippen molar-refractivity contribution in [3.63, 3.8) is 0 Å². The van der Waals surface area contributed by atoms with E-state index in [-0.39, 0.29) is 16.1 Å². The molecule has 2 N–H and O–H groups in total. The zero-order valence-electron chi connectivity index (χ0n) is 7.46. The van der Waals surface area contributed by atoms with Crippen molar-refractivity contribution in [2.24, 2.45) is 0 Å². The Hall–Kier alpha value is -1.07. The highest BCUT2D eigenvalue weighted by molar-refractivity contribution is 9.09. The highest BCUT2D eigenvalue weighted by Crippen LogP contribution is 2.21. The molecule has 0 unspecified atom stereocenters. The van der Waals surface area contributed by atoms with Crippen molar-refractivity contribution in [3.8, 4) is 0 Å². The van der Waals surface area contributed by atoms with E-state index >= 15 is 0 Å². The number of benzene rings is 1. The van der Waals surface area contributed by atoms with Crippen molar-refractivity contribution in [2.75, 3.05) is 10.6 Å². The van der Waals surface area contributed by atoms with Gasteiger partial charge in [-0.2, -0.15) is 0 Å². The molecule has 0 aliphatic heterocycles. The van der Waals surface area contributed by atoms with E-state index in [1.165, 1.54) is 18.2 Å². The number of carbonyl (C=O) groups excluding carboxylic acids is 1. The van der Waals surface area contributed by atoms with Gasteiger partial charge >= 0.3 is 6.09 Å². The Morgan fingerprint density at radius 2 is 2.13 bits per heavy atom. The third kappa shape index (κ3) is 3.21. The van der Waals surface area contributed by atoms with Gasteiger partial charge in [0.1, 0.15) is 0 Å². The van der Waals surface area contributed by atoms with Gasteiger partial charge in [-0.3, -0.25) is 10.1 Å². The molecule has 6 heteroatoms. The predicted molar refractivity (Wildman–Crippen MR) is 61.2 cm³/mol. The Morgan fingerprint density at radius 1 is 1.47 bits per heavy atom. The van der Waals surface area contributed by atoms with Crippen molar-refractivity contribution in [1.29, 1.82) is 0 Å². The van der Waals surface area contributed by atoms with Crippen LogP contribution in [0.1, 0.15) is 10.4 Å². The number of carbonyl (C=O) groups is 2. The molecule has 1 rings (SSSR count). The number of carboxylic acid groups (broad SMARTS) is 1. The molecule has 4 nitrogen and oxygen atoms in total. The van der Waals surface area contributed by atoms with Crippen LogP contribution in [0.2, 0.25) is 5.02 Å². The van der Waals surface area contributed by atoms with Crippen LogP contribution in [0, 0.1) is 0 Å². The van der Waals surface area contributed by atoms with E-state index in [2.05, 4.69) is 21.2 Å². The second-order valence-corrected chi connectivity index (χ2v) is 3.65. The number of halogens is 2. The quantitative estimate of drug-likeness (QED) is 0.665. The fourth-order valence-electron chi connectivity index (χ4n) is 1.01. The first-order valence-electron chi connectivity index (χ1n) is 3.93. The number of anilines is 1. The molecule has 0 bridgehead atoms. The third-order valence-electron chi connectivity index (χ3n) is 1.64. The molecule has 1 amide bonds. The molecule has 0 aromatic heterocycles. The van der Waals surface area contributed by atoms with Crippen molar-refractivity contribution < 1.29 is 14.7 Å². The number of rotatable bonds is 3. The number of hydrogen-bond acceptors (Lipinski definition) is 2. The van der Waals surface area contributed by atoms with E-state index in [9.17, 15) is 9.59 Å². The first-order chi connectivity index (χ1) is 7.04. The smallest absolute Gasteiger partial charge is 0.409 e. The fourth-order valence-corrected chi connectivity index (χ4v) is 1.60. The van der Waals surface area contributed by atoms with Crippen molar-refractivity contribution >= 4 is 45.1 Å². The Morgan fingerprint density at radius 3 is 2.60 bits per heavy atom. The Labute approximate surface area is 99.4 Å². The molecular formula is C9H7BrClNO3. The summed E-state index contributed by atoms with van der Waals surface area (Å²) >= 11 is 8.84. The number of nitrogens with one attached hydrogen (secondary N) is 1. The lowest BCUT2D eigenvalue weighted by molar-refractivity contribution is 0.102. The Bertz CT molecular complexity index is 408. The molecule has 0 radical (unpaired) electrons. The molecular weight excluding hydrogens is 285 g/mol. The lowest BCUT2D eigenvalue weighted by atomic mass is 10.1. The molecule has 0 saturated carbocycles. The van der Waals surface area contributed by atoms with E-state index in [0.717, 1.165) is 0 Å². The van der Waals surface area contributed by atoms with Gasteiger partial charge in [-0.25, -0.2) is 4.79 Å². The monoisotopic (exact) mass is 291 g/mol. The standard InChI is InChI=1S/C9H7BrClNO3/c10-4-8(13)6-2-1-5(3-7(6)11)12-9(14)15/h1-3,12H,4H2,(H,14,15). The third-order valence-corrected chi connectivity index (χ3v) is 2.46. The maximum atomic E-state index is 11.3. The van der Waals surface area contributed by atoms with Gasteiger partial charge in [-0.05, 0) is 18.2 Å². The molecule has 0 aliphatic carbocycles. The van der Waals surface area contributed by atoms with E-state index in [0.29, 0.717) is 11.3 Å². The average Bonchev–Trinajstić information content (AvgIpc) is 2.16. The van der Waals surface area contributed by atoms with Gasteiger partial charge in [-0.1, -0.05) is 27.5 Å². The topological polar surface area (TPSA) is 66.4 Å². The first-order valence-corrected chi connectivity index (χ1v) is 5.43. The molecule has 0 spiro atoms. The van der Waals surface area contributed by atoms with E-state index in [1.54, 1.807) is 0 Å².